The van der Waals surface area contributed by atoms with Crippen molar-refractivity contribution in [3.8, 4) is 5.75 Å². The number of carbonyl (C=O) groups excluding carboxylic acids is 3. The van der Waals surface area contributed by atoms with Crippen LogP contribution in [0.2, 0.25) is 0 Å². The maximum absolute atomic E-state index is 13.4. The van der Waals surface area contributed by atoms with Crippen molar-refractivity contribution in [2.45, 2.75) is 19.7 Å². The minimum Gasteiger partial charge on any atom is -0.481 e. The summed E-state index contributed by atoms with van der Waals surface area (Å²) in [5.74, 6) is -3.18. The molecule has 3 aromatic rings. The number of aryl methyl sites for hydroxylation is 1. The number of aliphatic carboxylic acids is 1. The van der Waals surface area contributed by atoms with Gasteiger partial charge < -0.3 is 15.2 Å². The molecule has 196 valence electrons. The van der Waals surface area contributed by atoms with E-state index in [9.17, 15) is 32.3 Å². The van der Waals surface area contributed by atoms with Crippen LogP contribution in [-0.4, -0.2) is 41.5 Å². The lowest BCUT2D eigenvalue weighted by Gasteiger charge is -2.11. The highest BCUT2D eigenvalue weighted by atomic mass is 19.4. The second-order valence-corrected chi connectivity index (χ2v) is 8.17. The number of hydrogen-bond acceptors (Lipinski definition) is 5. The number of alkyl halides is 3. The quantitative estimate of drug-likeness (QED) is 0.277. The maximum atomic E-state index is 13.4. The van der Waals surface area contributed by atoms with Gasteiger partial charge in [-0.1, -0.05) is 54.1 Å². The van der Waals surface area contributed by atoms with Crippen LogP contribution < -0.4 is 10.1 Å². The predicted octanol–water partition coefficient (Wildman–Crippen LogP) is 5.25. The van der Waals surface area contributed by atoms with Crippen LogP contribution >= 0.6 is 0 Å². The molecule has 0 aliphatic carbocycles. The highest BCUT2D eigenvalue weighted by Gasteiger charge is 2.31. The minimum atomic E-state index is -4.89. The molecule has 0 aromatic heterocycles. The van der Waals surface area contributed by atoms with Crippen molar-refractivity contribution in [3.05, 3.63) is 107 Å². The Hall–Kier alpha value is -4.73. The van der Waals surface area contributed by atoms with Gasteiger partial charge in [-0.15, -0.1) is 13.2 Å². The highest BCUT2D eigenvalue weighted by molar-refractivity contribution is 6.32. The molecule has 0 aliphatic heterocycles. The van der Waals surface area contributed by atoms with Gasteiger partial charge in [-0.3, -0.25) is 19.2 Å². The van der Waals surface area contributed by atoms with Gasteiger partial charge in [-0.2, -0.15) is 0 Å². The Morgan fingerprint density at radius 3 is 1.89 bits per heavy atom. The topological polar surface area (TPSA) is 110 Å². The van der Waals surface area contributed by atoms with Gasteiger partial charge in [0, 0.05) is 28.8 Å². The molecule has 2 N–H and O–H groups in total. The number of amides is 1. The van der Waals surface area contributed by atoms with E-state index in [1.807, 2.05) is 6.92 Å². The van der Waals surface area contributed by atoms with Crippen molar-refractivity contribution >= 4 is 29.0 Å². The van der Waals surface area contributed by atoms with Crippen molar-refractivity contribution in [1.29, 1.82) is 0 Å². The van der Waals surface area contributed by atoms with Crippen molar-refractivity contribution in [2.75, 3.05) is 6.54 Å². The van der Waals surface area contributed by atoms with E-state index < -0.39 is 35.6 Å². The standard InChI is InChI=1S/C28H22F3NO6/c1-17-2-4-19(5-3-17)24(33)16-23(18-10-12-22(13-11-18)38-28(29,30)31)26(36)20-6-8-21(9-7-20)27(37)32-15-14-25(34)35/h2-13,16H,14-15H2,1H3,(H,32,37)(H,34,35)/b23-16-. The number of allylic oxidation sites excluding steroid dienone is 2. The Bertz CT molecular complexity index is 1360. The molecule has 0 aliphatic rings. The molecule has 0 bridgehead atoms. The summed E-state index contributed by atoms with van der Waals surface area (Å²) >= 11 is 0. The predicted molar refractivity (Wildman–Crippen MR) is 132 cm³/mol. The lowest BCUT2D eigenvalue weighted by atomic mass is 9.93. The van der Waals surface area contributed by atoms with E-state index >= 15 is 0 Å². The number of rotatable bonds is 10. The first-order chi connectivity index (χ1) is 17.9. The summed E-state index contributed by atoms with van der Waals surface area (Å²) in [6.45, 7) is 1.77. The van der Waals surface area contributed by atoms with Gasteiger partial charge in [0.25, 0.3) is 5.91 Å². The number of carboxylic acid groups (broad SMARTS) is 1. The van der Waals surface area contributed by atoms with Crippen molar-refractivity contribution in [3.63, 3.8) is 0 Å². The van der Waals surface area contributed by atoms with Crippen molar-refractivity contribution in [1.82, 2.24) is 5.32 Å². The second kappa shape index (κ2) is 12.0. The summed E-state index contributed by atoms with van der Waals surface area (Å²) in [5, 5.41) is 11.1. The van der Waals surface area contributed by atoms with E-state index in [1.165, 1.54) is 36.4 Å². The molecule has 1 amide bonds. The molecule has 3 aromatic carbocycles. The molecule has 0 atom stereocenters. The van der Waals surface area contributed by atoms with E-state index in [4.69, 9.17) is 5.11 Å². The molecule has 0 radical (unpaired) electrons. The first kappa shape index (κ1) is 27.9. The summed E-state index contributed by atoms with van der Waals surface area (Å²) in [6.07, 6.45) is -4.03. The van der Waals surface area contributed by atoms with Gasteiger partial charge in [0.05, 0.1) is 6.42 Å². The molecular formula is C28H22F3NO6. The SMILES string of the molecule is Cc1ccc(C(=O)/C=C(\C(=O)c2ccc(C(=O)NCCC(=O)O)cc2)c2ccc(OC(F)(F)F)cc2)cc1. The Morgan fingerprint density at radius 1 is 0.816 bits per heavy atom. The fourth-order valence-corrected chi connectivity index (χ4v) is 3.36. The van der Waals surface area contributed by atoms with E-state index in [0.717, 1.165) is 23.8 Å². The Kier molecular flexibility index (Phi) is 8.80. The minimum absolute atomic E-state index is 0.0725. The number of ketones is 2. The third-order valence-corrected chi connectivity index (χ3v) is 5.29. The normalized spacial score (nSPS) is 11.5. The third-order valence-electron chi connectivity index (χ3n) is 5.29. The first-order valence-electron chi connectivity index (χ1n) is 11.3. The molecular weight excluding hydrogens is 503 g/mol. The van der Waals surface area contributed by atoms with Gasteiger partial charge in [-0.05, 0) is 42.8 Å². The summed E-state index contributed by atoms with van der Waals surface area (Å²) in [4.78, 5) is 49.1. The highest BCUT2D eigenvalue weighted by Crippen LogP contribution is 2.27. The van der Waals surface area contributed by atoms with Crippen LogP contribution in [0.25, 0.3) is 5.57 Å². The molecule has 0 unspecified atom stereocenters. The van der Waals surface area contributed by atoms with Crippen LogP contribution in [0.3, 0.4) is 0 Å². The van der Waals surface area contributed by atoms with Crippen LogP contribution in [0.5, 0.6) is 5.75 Å². The van der Waals surface area contributed by atoms with E-state index in [2.05, 4.69) is 10.1 Å². The van der Waals surface area contributed by atoms with Crippen molar-refractivity contribution < 1.29 is 42.2 Å². The van der Waals surface area contributed by atoms with E-state index in [0.29, 0.717) is 5.56 Å². The monoisotopic (exact) mass is 525 g/mol. The molecule has 7 nitrogen and oxygen atoms in total. The zero-order valence-corrected chi connectivity index (χ0v) is 20.0. The Balaban J connectivity index is 1.91. The second-order valence-electron chi connectivity index (χ2n) is 8.17. The summed E-state index contributed by atoms with van der Waals surface area (Å²) in [5.41, 5.74) is 1.64. The van der Waals surface area contributed by atoms with Crippen LogP contribution in [0.1, 0.15) is 48.6 Å². The molecule has 0 fully saturated rings. The lowest BCUT2D eigenvalue weighted by Crippen LogP contribution is -2.26. The third kappa shape index (κ3) is 7.89. The van der Waals surface area contributed by atoms with Gasteiger partial charge >= 0.3 is 12.3 Å². The van der Waals surface area contributed by atoms with Crippen LogP contribution in [-0.2, 0) is 4.79 Å². The molecule has 0 saturated heterocycles. The van der Waals surface area contributed by atoms with E-state index in [1.54, 1.807) is 24.3 Å². The average Bonchev–Trinajstić information content (AvgIpc) is 2.86. The molecule has 0 spiro atoms. The molecule has 38 heavy (non-hydrogen) atoms. The smallest absolute Gasteiger partial charge is 0.481 e. The van der Waals surface area contributed by atoms with Crippen molar-refractivity contribution in [2.24, 2.45) is 0 Å². The zero-order valence-electron chi connectivity index (χ0n) is 20.0. The van der Waals surface area contributed by atoms with Gasteiger partial charge in [0.1, 0.15) is 5.75 Å². The number of Topliss-reactive ketones (excluding diaryl/α,β-unsaturated/α-hetero) is 1. The summed E-state index contributed by atoms with van der Waals surface area (Å²) in [7, 11) is 0. The Labute approximate surface area is 215 Å². The number of nitrogens with one attached hydrogen (secondary N) is 1. The van der Waals surface area contributed by atoms with Crippen LogP contribution in [0.4, 0.5) is 13.2 Å². The first-order valence-corrected chi connectivity index (χ1v) is 11.3. The summed E-state index contributed by atoms with van der Waals surface area (Å²) < 4.78 is 41.5. The number of halogens is 3. The van der Waals surface area contributed by atoms with Gasteiger partial charge in [0.2, 0.25) is 0 Å². The zero-order chi connectivity index (χ0) is 27.9. The molecule has 0 saturated carbocycles. The molecule has 0 heterocycles. The molecule has 10 heteroatoms. The number of carboxylic acids is 1. The number of carbonyl (C=O) groups is 4. The van der Waals surface area contributed by atoms with Crippen LogP contribution in [0, 0.1) is 6.92 Å². The lowest BCUT2D eigenvalue weighted by molar-refractivity contribution is -0.274. The van der Waals surface area contributed by atoms with E-state index in [-0.39, 0.29) is 35.2 Å². The van der Waals surface area contributed by atoms with Gasteiger partial charge in [-0.25, -0.2) is 0 Å². The molecule has 3 rings (SSSR count). The number of ether oxygens (including phenoxy) is 1. The maximum Gasteiger partial charge on any atom is 0.573 e. The van der Waals surface area contributed by atoms with Gasteiger partial charge in [0.15, 0.2) is 11.6 Å². The summed E-state index contributed by atoms with van der Waals surface area (Å²) in [6, 6.07) is 16.6. The van der Waals surface area contributed by atoms with Crippen LogP contribution in [0.15, 0.2) is 78.9 Å². The number of benzene rings is 3. The fraction of sp³-hybridized carbons (Fsp3) is 0.143. The average molecular weight is 525 g/mol. The largest absolute Gasteiger partial charge is 0.573 e. The number of hydrogen-bond donors (Lipinski definition) is 2. The fourth-order valence-electron chi connectivity index (χ4n) is 3.36. The Morgan fingerprint density at radius 2 is 1.34 bits per heavy atom.